The lowest BCUT2D eigenvalue weighted by atomic mass is 9.33. The molecule has 2 nitrogen and oxygen atoms in total. The van der Waals surface area contributed by atoms with E-state index in [9.17, 15) is 0 Å². The second kappa shape index (κ2) is 15.3. The van der Waals surface area contributed by atoms with E-state index in [1.807, 2.05) is 45.3 Å². The Balaban J connectivity index is 1.11. The molecule has 0 bridgehead atoms. The zero-order valence-electron chi connectivity index (χ0n) is 40.6. The Morgan fingerprint density at radius 1 is 0.377 bits per heavy atom. The maximum absolute atomic E-state index is 2.64. The highest BCUT2D eigenvalue weighted by molar-refractivity contribution is 7.29. The SMILES string of the molecule is CC(C)(C)c1cc2c3c(c1)N(c1ccc(-c4csc5ccccc45)cc1)c1sc4ccc(C(C)(C)C)cc4c1B3c1c(sc3ccc(C(C)(C)C)cc13)N2c1ccc(-c2csc3ccccc23)cc1. The zero-order chi connectivity index (χ0) is 47.3. The lowest BCUT2D eigenvalue weighted by Crippen LogP contribution is -2.60. The van der Waals surface area contributed by atoms with Gasteiger partial charge in [-0.2, -0.15) is 0 Å². The van der Waals surface area contributed by atoms with Crippen LogP contribution in [-0.2, 0) is 16.2 Å². The summed E-state index contributed by atoms with van der Waals surface area (Å²) in [5.74, 6) is 0. The van der Waals surface area contributed by atoms with Crippen molar-refractivity contribution in [3.8, 4) is 22.3 Å². The van der Waals surface area contributed by atoms with Crippen LogP contribution in [0.1, 0.15) is 79.0 Å². The van der Waals surface area contributed by atoms with Gasteiger partial charge < -0.3 is 9.80 Å². The number of hydrogen-bond acceptors (Lipinski definition) is 6. The van der Waals surface area contributed by atoms with E-state index >= 15 is 0 Å². The smallest absolute Gasteiger partial charge is 0.256 e. The van der Waals surface area contributed by atoms with Crippen molar-refractivity contribution in [2.24, 2.45) is 0 Å². The van der Waals surface area contributed by atoms with Crippen molar-refractivity contribution < 1.29 is 0 Å². The van der Waals surface area contributed by atoms with Gasteiger partial charge in [0.1, 0.15) is 0 Å². The average molecular weight is 965 g/mol. The van der Waals surface area contributed by atoms with Crippen LogP contribution < -0.4 is 26.2 Å². The summed E-state index contributed by atoms with van der Waals surface area (Å²) in [4.78, 5) is 5.28. The van der Waals surface area contributed by atoms with Gasteiger partial charge in [-0.1, -0.05) is 147 Å². The number of thiophene rings is 4. The highest BCUT2D eigenvalue weighted by atomic mass is 32.1. The molecule has 69 heavy (non-hydrogen) atoms. The van der Waals surface area contributed by atoms with Crippen LogP contribution in [0.25, 0.3) is 62.6 Å². The minimum absolute atomic E-state index is 0.00359. The zero-order valence-corrected chi connectivity index (χ0v) is 43.9. The van der Waals surface area contributed by atoms with Crippen molar-refractivity contribution in [2.45, 2.75) is 78.6 Å². The van der Waals surface area contributed by atoms with Crippen LogP contribution in [0.15, 0.2) is 156 Å². The predicted octanol–water partition coefficient (Wildman–Crippen LogP) is 17.9. The molecule has 11 aromatic rings. The average Bonchev–Trinajstić information content (AvgIpc) is 4.13. The maximum atomic E-state index is 2.64. The normalized spacial score (nSPS) is 13.8. The Kier molecular flexibility index (Phi) is 9.54. The number of anilines is 6. The molecule has 2 aliphatic rings. The molecule has 13 rings (SSSR count). The first-order chi connectivity index (χ1) is 33.1. The molecule has 6 heterocycles. The third kappa shape index (κ3) is 6.75. The highest BCUT2D eigenvalue weighted by Crippen LogP contribution is 2.52. The van der Waals surface area contributed by atoms with Crippen LogP contribution in [0.2, 0.25) is 0 Å². The molecule has 0 N–H and O–H groups in total. The third-order valence-electron chi connectivity index (χ3n) is 14.7. The van der Waals surface area contributed by atoms with E-state index in [0.717, 1.165) is 0 Å². The highest BCUT2D eigenvalue weighted by Gasteiger charge is 2.48. The first-order valence-corrected chi connectivity index (χ1v) is 27.6. The van der Waals surface area contributed by atoms with Crippen LogP contribution in [-0.4, -0.2) is 6.71 Å². The van der Waals surface area contributed by atoms with Gasteiger partial charge in [0.15, 0.2) is 0 Å². The van der Waals surface area contributed by atoms with Crippen LogP contribution in [0, 0.1) is 0 Å². The Hall–Kier alpha value is -5.96. The van der Waals surface area contributed by atoms with Crippen molar-refractivity contribution in [3.63, 3.8) is 0 Å². The first kappa shape index (κ1) is 43.1. The van der Waals surface area contributed by atoms with Gasteiger partial charge in [0.25, 0.3) is 6.71 Å². The van der Waals surface area contributed by atoms with Crippen molar-refractivity contribution >= 4 is 142 Å². The van der Waals surface area contributed by atoms with E-state index in [1.54, 1.807) is 0 Å². The summed E-state index contributed by atoms with van der Waals surface area (Å²) in [6.07, 6.45) is 0. The summed E-state index contributed by atoms with van der Waals surface area (Å²) in [7, 11) is 0. The van der Waals surface area contributed by atoms with Crippen molar-refractivity contribution in [1.82, 2.24) is 0 Å². The number of hydrogen-bond donors (Lipinski definition) is 0. The summed E-state index contributed by atoms with van der Waals surface area (Å²) in [5, 5.41) is 12.6. The van der Waals surface area contributed by atoms with E-state index < -0.39 is 0 Å². The van der Waals surface area contributed by atoms with Gasteiger partial charge in [0.2, 0.25) is 0 Å². The van der Waals surface area contributed by atoms with E-state index in [-0.39, 0.29) is 23.0 Å². The molecule has 0 fully saturated rings. The third-order valence-corrected chi connectivity index (χ3v) is 19.0. The van der Waals surface area contributed by atoms with E-state index in [0.29, 0.717) is 0 Å². The number of rotatable bonds is 4. The van der Waals surface area contributed by atoms with Crippen molar-refractivity contribution in [3.05, 3.63) is 173 Å². The first-order valence-electron chi connectivity index (χ1n) is 24.2. The lowest BCUT2D eigenvalue weighted by molar-refractivity contribution is 0.590. The van der Waals surface area contributed by atoms with Crippen LogP contribution >= 0.6 is 45.3 Å². The predicted molar refractivity (Wildman–Crippen MR) is 309 cm³/mol. The van der Waals surface area contributed by atoms with Crippen molar-refractivity contribution in [1.29, 1.82) is 0 Å². The second-order valence-electron chi connectivity index (χ2n) is 22.2. The number of nitrogens with zero attached hydrogens (tertiary/aromatic N) is 2. The lowest BCUT2D eigenvalue weighted by Gasteiger charge is -2.43. The topological polar surface area (TPSA) is 6.48 Å². The summed E-state index contributed by atoms with van der Waals surface area (Å²) < 4.78 is 5.31. The fourth-order valence-electron chi connectivity index (χ4n) is 10.9. The summed E-state index contributed by atoms with van der Waals surface area (Å²) >= 11 is 7.57. The summed E-state index contributed by atoms with van der Waals surface area (Å²) in [6, 6.07) is 56.2. The molecule has 0 amide bonds. The Morgan fingerprint density at radius 2 is 0.783 bits per heavy atom. The molecule has 0 atom stereocenters. The molecule has 0 aliphatic carbocycles. The number of benzene rings is 7. The molecule has 0 spiro atoms. The fraction of sp³-hybridized carbons (Fsp3) is 0.194. The molecule has 2 aliphatic heterocycles. The van der Waals surface area contributed by atoms with Crippen LogP contribution in [0.3, 0.4) is 0 Å². The second-order valence-corrected chi connectivity index (χ2v) is 26.1. The number of fused-ring (bicyclic) bond motifs is 10. The maximum Gasteiger partial charge on any atom is 0.256 e. The minimum Gasteiger partial charge on any atom is -0.303 e. The van der Waals surface area contributed by atoms with Crippen LogP contribution in [0.5, 0.6) is 0 Å². The quantitative estimate of drug-likeness (QED) is 0.162. The molecule has 0 unspecified atom stereocenters. The van der Waals surface area contributed by atoms with Gasteiger partial charge in [-0.3, -0.25) is 0 Å². The molecular formula is C62H53BN2S4. The van der Waals surface area contributed by atoms with Gasteiger partial charge in [-0.15, -0.1) is 45.3 Å². The van der Waals surface area contributed by atoms with Crippen molar-refractivity contribution in [2.75, 3.05) is 9.80 Å². The van der Waals surface area contributed by atoms with Gasteiger partial charge in [-0.25, -0.2) is 0 Å². The molecule has 7 aromatic carbocycles. The molecule has 7 heteroatoms. The van der Waals surface area contributed by atoms with Gasteiger partial charge in [0, 0.05) is 63.4 Å². The fourth-order valence-corrected chi connectivity index (χ4v) is 15.4. The molecular weight excluding hydrogens is 912 g/mol. The standard InChI is InChI=1S/C62H53BN2S4/c1-60(2,3)38-22-28-53-45(30-38)55-58(68-53)64(41-24-18-36(19-25-41)47-34-66-51-16-12-10-14-43(47)51)49-32-40(62(7,8)9)33-50-57(49)63(55)56-46-31-39(61(4,5)6)23-29-54(46)69-59(56)65(50)42-26-20-37(21-27-42)48-35-67-52-17-13-11-15-44(48)52/h10-35H,1-9H3. The Labute approximate surface area is 422 Å². The van der Waals surface area contributed by atoms with Gasteiger partial charge in [-0.05, 0) is 143 Å². The van der Waals surface area contributed by atoms with E-state index in [4.69, 9.17) is 0 Å². The molecule has 338 valence electrons. The monoisotopic (exact) mass is 964 g/mol. The van der Waals surface area contributed by atoms with Crippen LogP contribution in [0.4, 0.5) is 32.8 Å². The van der Waals surface area contributed by atoms with Gasteiger partial charge >= 0.3 is 0 Å². The molecule has 0 saturated heterocycles. The summed E-state index contributed by atoms with van der Waals surface area (Å²) in [5.41, 5.74) is 18.2. The molecule has 0 radical (unpaired) electrons. The van der Waals surface area contributed by atoms with Gasteiger partial charge in [0.05, 0.1) is 10.0 Å². The largest absolute Gasteiger partial charge is 0.303 e. The van der Waals surface area contributed by atoms with E-state index in [1.165, 1.54) is 128 Å². The summed E-state index contributed by atoms with van der Waals surface area (Å²) in [6.45, 7) is 21.2. The van der Waals surface area contributed by atoms with E-state index in [2.05, 4.69) is 228 Å². The minimum atomic E-state index is -0.115. The Bertz CT molecular complexity index is 3620. The Morgan fingerprint density at radius 3 is 1.19 bits per heavy atom. The molecule has 4 aromatic heterocycles. The molecule has 0 saturated carbocycles.